The van der Waals surface area contributed by atoms with E-state index in [0.717, 1.165) is 11.5 Å². The van der Waals surface area contributed by atoms with Crippen molar-refractivity contribution in [2.24, 2.45) is 5.73 Å². The highest BCUT2D eigenvalue weighted by molar-refractivity contribution is 5.89. The van der Waals surface area contributed by atoms with E-state index < -0.39 is 5.91 Å². The molecule has 3 rings (SSSR count). The van der Waals surface area contributed by atoms with Crippen LogP contribution in [0, 0.1) is 0 Å². The summed E-state index contributed by atoms with van der Waals surface area (Å²) in [6, 6.07) is 15.1. The van der Waals surface area contributed by atoms with Gasteiger partial charge in [0, 0.05) is 12.2 Å². The predicted octanol–water partition coefficient (Wildman–Crippen LogP) is 3.14. The Labute approximate surface area is 152 Å². The van der Waals surface area contributed by atoms with Crippen LogP contribution in [-0.2, 0) is 11.3 Å². The summed E-state index contributed by atoms with van der Waals surface area (Å²) in [7, 11) is 0. The molecule has 6 heteroatoms. The lowest BCUT2D eigenvalue weighted by molar-refractivity contribution is -0.118. The predicted molar refractivity (Wildman–Crippen MR) is 100 cm³/mol. The van der Waals surface area contributed by atoms with E-state index in [9.17, 15) is 9.59 Å². The fraction of sp³-hybridized carbons (Fsp3) is 0.300. The third kappa shape index (κ3) is 5.51. The van der Waals surface area contributed by atoms with Crippen LogP contribution < -0.4 is 21.1 Å². The summed E-state index contributed by atoms with van der Waals surface area (Å²) in [5.74, 6) is 0.957. The smallest absolute Gasteiger partial charge is 0.319 e. The maximum Gasteiger partial charge on any atom is 0.319 e. The van der Waals surface area contributed by atoms with Gasteiger partial charge in [0.05, 0.1) is 13.0 Å². The minimum atomic E-state index is -0.401. The van der Waals surface area contributed by atoms with E-state index >= 15 is 0 Å². The molecule has 2 aromatic carbocycles. The number of rotatable bonds is 8. The van der Waals surface area contributed by atoms with Gasteiger partial charge in [0.2, 0.25) is 5.91 Å². The molecule has 0 heterocycles. The molecule has 1 fully saturated rings. The summed E-state index contributed by atoms with van der Waals surface area (Å²) in [5, 5.41) is 5.61. The van der Waals surface area contributed by atoms with Crippen molar-refractivity contribution in [3.63, 3.8) is 0 Å². The maximum absolute atomic E-state index is 12.0. The van der Waals surface area contributed by atoms with Gasteiger partial charge in [-0.25, -0.2) is 4.79 Å². The lowest BCUT2D eigenvalue weighted by Crippen LogP contribution is -2.28. The van der Waals surface area contributed by atoms with Gasteiger partial charge in [-0.3, -0.25) is 4.79 Å². The normalized spacial score (nSPS) is 13.1. The Morgan fingerprint density at radius 2 is 1.73 bits per heavy atom. The third-order valence-corrected chi connectivity index (χ3v) is 4.21. The van der Waals surface area contributed by atoms with Crippen LogP contribution in [0.2, 0.25) is 0 Å². The molecule has 6 nitrogen and oxygen atoms in total. The van der Waals surface area contributed by atoms with Crippen LogP contribution in [0.1, 0.15) is 36.3 Å². The number of primary amides is 1. The van der Waals surface area contributed by atoms with Crippen molar-refractivity contribution in [1.29, 1.82) is 0 Å². The number of hydrogen-bond donors (Lipinski definition) is 3. The molecule has 26 heavy (non-hydrogen) atoms. The number of amides is 3. The Bertz CT molecular complexity index is 753. The van der Waals surface area contributed by atoms with Gasteiger partial charge in [-0.2, -0.15) is 0 Å². The second-order valence-corrected chi connectivity index (χ2v) is 6.41. The zero-order chi connectivity index (χ0) is 18.4. The number of nitrogens with one attached hydrogen (secondary N) is 2. The van der Waals surface area contributed by atoms with Crippen molar-refractivity contribution in [3.8, 4) is 5.75 Å². The zero-order valence-electron chi connectivity index (χ0n) is 14.5. The maximum atomic E-state index is 12.0. The van der Waals surface area contributed by atoms with E-state index in [1.54, 1.807) is 24.3 Å². The number of benzene rings is 2. The number of urea groups is 1. The molecule has 2 aromatic rings. The average molecular weight is 353 g/mol. The van der Waals surface area contributed by atoms with E-state index in [1.165, 1.54) is 18.4 Å². The van der Waals surface area contributed by atoms with Gasteiger partial charge < -0.3 is 21.1 Å². The summed E-state index contributed by atoms with van der Waals surface area (Å²) < 4.78 is 5.38. The first-order valence-electron chi connectivity index (χ1n) is 8.75. The SMILES string of the molecule is NC(=O)CCOc1ccc(NC(=O)NCc2ccc(C3CC3)cc2)cc1. The van der Waals surface area contributed by atoms with Crippen LogP contribution >= 0.6 is 0 Å². The van der Waals surface area contributed by atoms with Crippen LogP contribution in [0.5, 0.6) is 5.75 Å². The molecule has 1 aliphatic carbocycles. The molecular formula is C20H23N3O3. The highest BCUT2D eigenvalue weighted by Gasteiger charge is 2.22. The van der Waals surface area contributed by atoms with Crippen molar-refractivity contribution in [2.75, 3.05) is 11.9 Å². The van der Waals surface area contributed by atoms with Crippen molar-refractivity contribution in [3.05, 3.63) is 59.7 Å². The molecular weight excluding hydrogens is 330 g/mol. The fourth-order valence-corrected chi connectivity index (χ4v) is 2.59. The van der Waals surface area contributed by atoms with Crippen LogP contribution in [0.15, 0.2) is 48.5 Å². The Kier molecular flexibility index (Phi) is 5.73. The highest BCUT2D eigenvalue weighted by Crippen LogP contribution is 2.39. The van der Waals surface area contributed by atoms with Crippen molar-refractivity contribution < 1.29 is 14.3 Å². The largest absolute Gasteiger partial charge is 0.493 e. The Morgan fingerprint density at radius 3 is 2.35 bits per heavy atom. The van der Waals surface area contributed by atoms with Gasteiger partial charge in [-0.1, -0.05) is 24.3 Å². The number of ether oxygens (including phenoxy) is 1. The molecule has 1 aliphatic rings. The average Bonchev–Trinajstić information content (AvgIpc) is 3.47. The first-order valence-corrected chi connectivity index (χ1v) is 8.75. The zero-order valence-corrected chi connectivity index (χ0v) is 14.5. The quantitative estimate of drug-likeness (QED) is 0.680. The topological polar surface area (TPSA) is 93.5 Å². The molecule has 0 aliphatic heterocycles. The standard InChI is InChI=1S/C20H23N3O3/c21-19(24)11-12-26-18-9-7-17(8-10-18)23-20(25)22-13-14-1-3-15(4-2-14)16-5-6-16/h1-4,7-10,16H,5-6,11-13H2,(H2,21,24)(H2,22,23,25). The Morgan fingerprint density at radius 1 is 1.04 bits per heavy atom. The molecule has 0 aromatic heterocycles. The molecule has 0 unspecified atom stereocenters. The molecule has 0 bridgehead atoms. The van der Waals surface area contributed by atoms with Gasteiger partial charge in [-0.15, -0.1) is 0 Å². The second kappa shape index (κ2) is 8.38. The molecule has 3 amide bonds. The lowest BCUT2D eigenvalue weighted by Gasteiger charge is -2.09. The van der Waals surface area contributed by atoms with Gasteiger partial charge in [0.25, 0.3) is 0 Å². The summed E-state index contributed by atoms with van der Waals surface area (Å²) in [4.78, 5) is 22.7. The van der Waals surface area contributed by atoms with Crippen LogP contribution in [-0.4, -0.2) is 18.5 Å². The minimum absolute atomic E-state index is 0.171. The van der Waals surface area contributed by atoms with Gasteiger partial charge in [0.15, 0.2) is 0 Å². The van der Waals surface area contributed by atoms with E-state index in [0.29, 0.717) is 18.0 Å². The highest BCUT2D eigenvalue weighted by atomic mass is 16.5. The third-order valence-electron chi connectivity index (χ3n) is 4.21. The minimum Gasteiger partial charge on any atom is -0.493 e. The summed E-state index contributed by atoms with van der Waals surface area (Å²) >= 11 is 0. The van der Waals surface area contributed by atoms with Crippen LogP contribution in [0.3, 0.4) is 0 Å². The van der Waals surface area contributed by atoms with Gasteiger partial charge >= 0.3 is 6.03 Å². The van der Waals surface area contributed by atoms with Crippen molar-refractivity contribution in [2.45, 2.75) is 31.7 Å². The molecule has 136 valence electrons. The number of nitrogens with two attached hydrogens (primary N) is 1. The van der Waals surface area contributed by atoms with E-state index in [4.69, 9.17) is 10.5 Å². The van der Waals surface area contributed by atoms with Crippen molar-refractivity contribution >= 4 is 17.6 Å². The summed E-state index contributed by atoms with van der Waals surface area (Å²) in [6.45, 7) is 0.715. The van der Waals surface area contributed by atoms with E-state index in [1.807, 2.05) is 0 Å². The summed E-state index contributed by atoms with van der Waals surface area (Å²) in [6.07, 6.45) is 2.74. The molecule has 1 saturated carbocycles. The lowest BCUT2D eigenvalue weighted by atomic mass is 10.1. The Hall–Kier alpha value is -3.02. The monoisotopic (exact) mass is 353 g/mol. The fourth-order valence-electron chi connectivity index (χ4n) is 2.59. The van der Waals surface area contributed by atoms with Crippen molar-refractivity contribution in [1.82, 2.24) is 5.32 Å². The second-order valence-electron chi connectivity index (χ2n) is 6.41. The number of anilines is 1. The summed E-state index contributed by atoms with van der Waals surface area (Å²) in [5.41, 5.74) is 8.17. The van der Waals surface area contributed by atoms with Gasteiger partial charge in [0.1, 0.15) is 5.75 Å². The van der Waals surface area contributed by atoms with E-state index in [-0.39, 0.29) is 19.1 Å². The van der Waals surface area contributed by atoms with Gasteiger partial charge in [-0.05, 0) is 54.2 Å². The molecule has 4 N–H and O–H groups in total. The molecule has 0 radical (unpaired) electrons. The molecule has 0 saturated heterocycles. The van der Waals surface area contributed by atoms with Crippen LogP contribution in [0.4, 0.5) is 10.5 Å². The first kappa shape index (κ1) is 17.8. The number of carbonyl (C=O) groups is 2. The van der Waals surface area contributed by atoms with E-state index in [2.05, 4.69) is 34.9 Å². The number of carbonyl (C=O) groups excluding carboxylic acids is 2. The van der Waals surface area contributed by atoms with Crippen LogP contribution in [0.25, 0.3) is 0 Å². The number of hydrogen-bond acceptors (Lipinski definition) is 3. The molecule has 0 spiro atoms. The Balaban J connectivity index is 1.41. The molecule has 0 atom stereocenters. The first-order chi connectivity index (χ1) is 12.6.